The van der Waals surface area contributed by atoms with Crippen LogP contribution in [0.3, 0.4) is 0 Å². The quantitative estimate of drug-likeness (QED) is 0.393. The number of para-hydroxylation sites is 2. The van der Waals surface area contributed by atoms with Crippen LogP contribution in [0, 0.1) is 5.92 Å². The first-order chi connectivity index (χ1) is 10.6. The van der Waals surface area contributed by atoms with Gasteiger partial charge < -0.3 is 15.8 Å². The maximum atomic E-state index is 12.3. The van der Waals surface area contributed by atoms with Crippen molar-refractivity contribution in [3.63, 3.8) is 0 Å². The molecular formula is C13H17F3IN3O3S. The fourth-order valence-electron chi connectivity index (χ4n) is 2.20. The molecule has 0 bridgehead atoms. The Balaban J connectivity index is 0.00000288. The first-order valence-electron chi connectivity index (χ1n) is 6.77. The van der Waals surface area contributed by atoms with Gasteiger partial charge in [0.05, 0.1) is 17.2 Å². The zero-order chi connectivity index (χ0) is 17.1. The highest BCUT2D eigenvalue weighted by Crippen LogP contribution is 2.29. The fourth-order valence-corrected chi connectivity index (χ4v) is 4.05. The van der Waals surface area contributed by atoms with E-state index in [0.717, 1.165) is 6.07 Å². The predicted molar refractivity (Wildman–Crippen MR) is 95.4 cm³/mol. The van der Waals surface area contributed by atoms with Crippen molar-refractivity contribution in [3.05, 3.63) is 24.3 Å². The second kappa shape index (κ2) is 8.23. The standard InChI is InChI=1S/C13H16F3N3O3S.HI/c14-13(15,16)22-11-4-2-1-3-10(11)19-12(17)18-7-9-5-6-23(20,21)8-9;/h1-4,9H,5-8H2,(H3,17,18,19);1H. The molecule has 0 saturated carbocycles. The number of hydrogen-bond donors (Lipinski definition) is 2. The number of nitrogens with two attached hydrogens (primary N) is 1. The third-order valence-corrected chi connectivity index (χ3v) is 5.06. The first kappa shape index (κ1) is 20.8. The van der Waals surface area contributed by atoms with Crippen LogP contribution in [-0.4, -0.2) is 38.8 Å². The van der Waals surface area contributed by atoms with Crippen LogP contribution in [0.1, 0.15) is 6.42 Å². The Morgan fingerprint density at radius 2 is 2.04 bits per heavy atom. The molecule has 0 aliphatic carbocycles. The highest BCUT2D eigenvalue weighted by molar-refractivity contribution is 14.0. The van der Waals surface area contributed by atoms with Crippen molar-refractivity contribution >= 4 is 45.5 Å². The number of hydrogen-bond acceptors (Lipinski definition) is 4. The van der Waals surface area contributed by atoms with E-state index in [1.165, 1.54) is 18.2 Å². The summed E-state index contributed by atoms with van der Waals surface area (Å²) in [5.41, 5.74) is 5.66. The molecule has 1 aliphatic heterocycles. The van der Waals surface area contributed by atoms with Gasteiger partial charge in [0.25, 0.3) is 0 Å². The average Bonchev–Trinajstić information content (AvgIpc) is 2.77. The average molecular weight is 479 g/mol. The minimum absolute atomic E-state index is 0. The number of benzene rings is 1. The summed E-state index contributed by atoms with van der Waals surface area (Å²) in [6.45, 7) is 0.195. The van der Waals surface area contributed by atoms with E-state index in [-0.39, 0.29) is 59.6 Å². The Hall–Kier alpha value is -1.24. The van der Waals surface area contributed by atoms with Gasteiger partial charge in [-0.25, -0.2) is 8.42 Å². The maximum absolute atomic E-state index is 12.3. The molecule has 1 aromatic rings. The molecule has 0 aromatic heterocycles. The van der Waals surface area contributed by atoms with Crippen LogP contribution in [0.4, 0.5) is 18.9 Å². The molecule has 1 unspecified atom stereocenters. The third kappa shape index (κ3) is 6.71. The molecule has 0 radical (unpaired) electrons. The predicted octanol–water partition coefficient (Wildman–Crippen LogP) is 2.36. The largest absolute Gasteiger partial charge is 0.573 e. The van der Waals surface area contributed by atoms with Gasteiger partial charge in [0.15, 0.2) is 21.5 Å². The topological polar surface area (TPSA) is 93.8 Å². The van der Waals surface area contributed by atoms with Crippen molar-refractivity contribution in [1.82, 2.24) is 0 Å². The molecule has 3 N–H and O–H groups in total. The zero-order valence-corrected chi connectivity index (χ0v) is 15.6. The normalized spacial score (nSPS) is 20.3. The number of rotatable bonds is 4. The van der Waals surface area contributed by atoms with Gasteiger partial charge >= 0.3 is 6.36 Å². The number of nitrogens with zero attached hydrogens (tertiary/aromatic N) is 1. The lowest BCUT2D eigenvalue weighted by atomic mass is 10.1. The highest BCUT2D eigenvalue weighted by atomic mass is 127. The molecule has 136 valence electrons. The van der Waals surface area contributed by atoms with Crippen molar-refractivity contribution in [3.8, 4) is 5.75 Å². The van der Waals surface area contributed by atoms with Gasteiger partial charge in [0, 0.05) is 6.54 Å². The number of nitrogens with one attached hydrogen (secondary N) is 1. The molecule has 24 heavy (non-hydrogen) atoms. The Morgan fingerprint density at radius 1 is 1.38 bits per heavy atom. The van der Waals surface area contributed by atoms with E-state index >= 15 is 0 Å². The summed E-state index contributed by atoms with van der Waals surface area (Å²) in [7, 11) is -3.00. The van der Waals surface area contributed by atoms with E-state index in [2.05, 4.69) is 15.0 Å². The molecule has 1 aliphatic rings. The molecule has 0 amide bonds. The lowest BCUT2D eigenvalue weighted by molar-refractivity contribution is -0.274. The molecule has 1 fully saturated rings. The molecular weight excluding hydrogens is 462 g/mol. The van der Waals surface area contributed by atoms with Crippen LogP contribution in [0.5, 0.6) is 5.75 Å². The van der Waals surface area contributed by atoms with Crippen molar-refractivity contribution in [2.24, 2.45) is 16.6 Å². The van der Waals surface area contributed by atoms with Gasteiger partial charge in [-0.15, -0.1) is 37.1 Å². The summed E-state index contributed by atoms with van der Waals surface area (Å²) in [5.74, 6) is -0.475. The minimum atomic E-state index is -4.82. The van der Waals surface area contributed by atoms with Gasteiger partial charge in [-0.2, -0.15) is 0 Å². The van der Waals surface area contributed by atoms with E-state index in [9.17, 15) is 21.6 Å². The van der Waals surface area contributed by atoms with Crippen molar-refractivity contribution in [2.75, 3.05) is 23.4 Å². The van der Waals surface area contributed by atoms with Crippen molar-refractivity contribution in [1.29, 1.82) is 0 Å². The highest BCUT2D eigenvalue weighted by Gasteiger charge is 2.32. The van der Waals surface area contributed by atoms with Gasteiger partial charge in [0.1, 0.15) is 0 Å². The number of halogens is 4. The lowest BCUT2D eigenvalue weighted by Gasteiger charge is -2.14. The summed E-state index contributed by atoms with van der Waals surface area (Å²) < 4.78 is 63.5. The molecule has 1 saturated heterocycles. The molecule has 0 spiro atoms. The van der Waals surface area contributed by atoms with Gasteiger partial charge in [-0.1, -0.05) is 12.1 Å². The van der Waals surface area contributed by atoms with Gasteiger partial charge in [-0.3, -0.25) is 4.99 Å². The molecule has 1 heterocycles. The second-order valence-corrected chi connectivity index (χ2v) is 7.39. The van der Waals surface area contributed by atoms with E-state index in [0.29, 0.717) is 6.42 Å². The summed E-state index contributed by atoms with van der Waals surface area (Å²) in [6, 6.07) is 5.42. The Kier molecular flexibility index (Phi) is 7.13. The fraction of sp³-hybridized carbons (Fsp3) is 0.462. The summed E-state index contributed by atoms with van der Waals surface area (Å²) >= 11 is 0. The number of aliphatic imine (C=N–C) groups is 1. The maximum Gasteiger partial charge on any atom is 0.573 e. The Morgan fingerprint density at radius 3 is 2.62 bits per heavy atom. The summed E-state index contributed by atoms with van der Waals surface area (Å²) in [5, 5.41) is 2.53. The minimum Gasteiger partial charge on any atom is -0.404 e. The van der Waals surface area contributed by atoms with Gasteiger partial charge in [-0.05, 0) is 24.5 Å². The SMILES string of the molecule is I.NC(=NCC1CCS(=O)(=O)C1)Nc1ccccc1OC(F)(F)F. The zero-order valence-electron chi connectivity index (χ0n) is 12.4. The monoisotopic (exact) mass is 479 g/mol. The van der Waals surface area contributed by atoms with Gasteiger partial charge in [0.2, 0.25) is 0 Å². The number of anilines is 1. The Labute approximate surface area is 154 Å². The van der Waals surface area contributed by atoms with Crippen LogP contribution >= 0.6 is 24.0 Å². The number of alkyl halides is 3. The van der Waals surface area contributed by atoms with Crippen molar-refractivity contribution in [2.45, 2.75) is 12.8 Å². The Bertz CT molecular complexity index is 695. The molecule has 6 nitrogen and oxygen atoms in total. The van der Waals surface area contributed by atoms with Crippen LogP contribution in [-0.2, 0) is 9.84 Å². The number of sulfone groups is 1. The molecule has 11 heteroatoms. The molecule has 1 atom stereocenters. The molecule has 2 rings (SSSR count). The number of ether oxygens (including phenoxy) is 1. The van der Waals surface area contributed by atoms with Crippen LogP contribution < -0.4 is 15.8 Å². The van der Waals surface area contributed by atoms with E-state index in [1.807, 2.05) is 0 Å². The summed E-state index contributed by atoms with van der Waals surface area (Å²) in [4.78, 5) is 3.99. The third-order valence-electron chi connectivity index (χ3n) is 3.22. The smallest absolute Gasteiger partial charge is 0.404 e. The lowest BCUT2D eigenvalue weighted by Crippen LogP contribution is -2.25. The number of guanidine groups is 1. The van der Waals surface area contributed by atoms with E-state index < -0.39 is 21.9 Å². The van der Waals surface area contributed by atoms with Crippen LogP contribution in [0.2, 0.25) is 0 Å². The second-order valence-electron chi connectivity index (χ2n) is 5.16. The molecule has 1 aromatic carbocycles. The first-order valence-corrected chi connectivity index (χ1v) is 8.59. The van der Waals surface area contributed by atoms with E-state index in [4.69, 9.17) is 5.73 Å². The van der Waals surface area contributed by atoms with E-state index in [1.54, 1.807) is 0 Å². The van der Waals surface area contributed by atoms with Crippen LogP contribution in [0.15, 0.2) is 29.3 Å². The van der Waals surface area contributed by atoms with Crippen molar-refractivity contribution < 1.29 is 26.3 Å². The van der Waals surface area contributed by atoms with Crippen LogP contribution in [0.25, 0.3) is 0 Å². The summed E-state index contributed by atoms with van der Waals surface area (Å²) in [6.07, 6.45) is -4.31.